The zero-order valence-electron chi connectivity index (χ0n) is 11.8. The third-order valence-corrected chi connectivity index (χ3v) is 3.36. The van der Waals surface area contributed by atoms with E-state index in [1.54, 1.807) is 31.2 Å². The number of carbonyl (C=O) groups excluding carboxylic acids is 2. The standard InChI is InChI=1S/C15H17N3O3/c1-11-15(20)17-14(19)10-18(11)6-3-7-21-13-5-2-4-12(8-13)9-16/h2,4-5,8,11H,3,6-7,10H2,1H3,(H,17,19,20). The summed E-state index contributed by atoms with van der Waals surface area (Å²) in [6, 6.07) is 8.71. The second-order valence-electron chi connectivity index (χ2n) is 4.90. The number of hydrogen-bond donors (Lipinski definition) is 1. The molecule has 21 heavy (non-hydrogen) atoms. The summed E-state index contributed by atoms with van der Waals surface area (Å²) < 4.78 is 5.57. The Hall–Kier alpha value is -2.39. The molecule has 0 spiro atoms. The zero-order valence-corrected chi connectivity index (χ0v) is 11.8. The first-order chi connectivity index (χ1) is 10.1. The van der Waals surface area contributed by atoms with Crippen molar-refractivity contribution in [2.45, 2.75) is 19.4 Å². The SMILES string of the molecule is CC1C(=O)NC(=O)CN1CCCOc1cccc(C#N)c1. The topological polar surface area (TPSA) is 82.4 Å². The monoisotopic (exact) mass is 287 g/mol. The highest BCUT2D eigenvalue weighted by Crippen LogP contribution is 2.13. The molecule has 6 nitrogen and oxygen atoms in total. The second-order valence-corrected chi connectivity index (χ2v) is 4.90. The number of nitrogens with zero attached hydrogens (tertiary/aromatic N) is 2. The normalized spacial score (nSPS) is 19.0. The van der Waals surface area contributed by atoms with Gasteiger partial charge >= 0.3 is 0 Å². The van der Waals surface area contributed by atoms with Gasteiger partial charge in [0.2, 0.25) is 11.8 Å². The first-order valence-corrected chi connectivity index (χ1v) is 6.81. The van der Waals surface area contributed by atoms with Gasteiger partial charge in [0.05, 0.1) is 30.8 Å². The van der Waals surface area contributed by atoms with E-state index in [0.29, 0.717) is 30.9 Å². The summed E-state index contributed by atoms with van der Waals surface area (Å²) in [7, 11) is 0. The van der Waals surface area contributed by atoms with Crippen LogP contribution in [-0.4, -0.2) is 42.5 Å². The molecule has 0 saturated carbocycles. The average Bonchev–Trinajstić information content (AvgIpc) is 2.48. The van der Waals surface area contributed by atoms with Crippen molar-refractivity contribution in [3.05, 3.63) is 29.8 Å². The van der Waals surface area contributed by atoms with Gasteiger partial charge in [0.15, 0.2) is 0 Å². The number of benzene rings is 1. The smallest absolute Gasteiger partial charge is 0.243 e. The molecule has 110 valence electrons. The molecule has 1 aromatic carbocycles. The maximum Gasteiger partial charge on any atom is 0.243 e. The van der Waals surface area contributed by atoms with E-state index in [0.717, 1.165) is 0 Å². The van der Waals surface area contributed by atoms with Gasteiger partial charge in [0.25, 0.3) is 0 Å². The van der Waals surface area contributed by atoms with Crippen molar-refractivity contribution in [1.29, 1.82) is 5.26 Å². The minimum Gasteiger partial charge on any atom is -0.494 e. The van der Waals surface area contributed by atoms with Crippen LogP contribution in [-0.2, 0) is 9.59 Å². The van der Waals surface area contributed by atoms with Crippen LogP contribution in [0.1, 0.15) is 18.9 Å². The number of piperazine rings is 1. The van der Waals surface area contributed by atoms with Crippen LogP contribution in [0.3, 0.4) is 0 Å². The van der Waals surface area contributed by atoms with Crippen molar-refractivity contribution in [2.24, 2.45) is 0 Å². The van der Waals surface area contributed by atoms with Gasteiger partial charge in [-0.3, -0.25) is 19.8 Å². The molecule has 1 N–H and O–H groups in total. The van der Waals surface area contributed by atoms with Gasteiger partial charge in [-0.25, -0.2) is 0 Å². The van der Waals surface area contributed by atoms with Crippen LogP contribution in [0, 0.1) is 11.3 Å². The predicted octanol–water partition coefficient (Wildman–Crippen LogP) is 0.674. The summed E-state index contributed by atoms with van der Waals surface area (Å²) in [6.07, 6.45) is 0.696. The molecule has 1 aromatic rings. The molecule has 1 atom stereocenters. The maximum atomic E-state index is 11.5. The van der Waals surface area contributed by atoms with Crippen molar-refractivity contribution in [2.75, 3.05) is 19.7 Å². The van der Waals surface area contributed by atoms with E-state index >= 15 is 0 Å². The largest absolute Gasteiger partial charge is 0.494 e. The molecule has 1 unspecified atom stereocenters. The van der Waals surface area contributed by atoms with Gasteiger partial charge in [0, 0.05) is 6.54 Å². The van der Waals surface area contributed by atoms with Crippen LogP contribution in [0.25, 0.3) is 0 Å². The van der Waals surface area contributed by atoms with Crippen molar-refractivity contribution in [3.8, 4) is 11.8 Å². The fourth-order valence-electron chi connectivity index (χ4n) is 2.15. The molecule has 1 aliphatic heterocycles. The molecule has 0 radical (unpaired) electrons. The van der Waals surface area contributed by atoms with Crippen LogP contribution in [0.2, 0.25) is 0 Å². The molecule has 6 heteroatoms. The van der Waals surface area contributed by atoms with Gasteiger partial charge in [-0.1, -0.05) is 6.07 Å². The predicted molar refractivity (Wildman–Crippen MR) is 75.5 cm³/mol. The minimum atomic E-state index is -0.301. The third kappa shape index (κ3) is 4.04. The van der Waals surface area contributed by atoms with E-state index in [2.05, 4.69) is 11.4 Å². The molecule has 1 saturated heterocycles. The summed E-state index contributed by atoms with van der Waals surface area (Å²) >= 11 is 0. The highest BCUT2D eigenvalue weighted by atomic mass is 16.5. The lowest BCUT2D eigenvalue weighted by atomic mass is 10.2. The first-order valence-electron chi connectivity index (χ1n) is 6.81. The number of ether oxygens (including phenoxy) is 1. The Bertz CT molecular complexity index is 580. The van der Waals surface area contributed by atoms with Crippen molar-refractivity contribution >= 4 is 11.8 Å². The number of hydrogen-bond acceptors (Lipinski definition) is 5. The Morgan fingerprint density at radius 3 is 3.05 bits per heavy atom. The van der Waals surface area contributed by atoms with E-state index in [-0.39, 0.29) is 24.4 Å². The number of rotatable bonds is 5. The van der Waals surface area contributed by atoms with Crippen molar-refractivity contribution < 1.29 is 14.3 Å². The number of nitrogens with one attached hydrogen (secondary N) is 1. The summed E-state index contributed by atoms with van der Waals surface area (Å²) in [5, 5.41) is 11.1. The number of amides is 2. The van der Waals surface area contributed by atoms with Gasteiger partial charge in [0.1, 0.15) is 5.75 Å². The Balaban J connectivity index is 1.78. The average molecular weight is 287 g/mol. The molecule has 2 amide bonds. The first kappa shape index (κ1) is 15.0. The van der Waals surface area contributed by atoms with Crippen LogP contribution < -0.4 is 10.1 Å². The van der Waals surface area contributed by atoms with E-state index < -0.39 is 0 Å². The highest BCUT2D eigenvalue weighted by Gasteiger charge is 2.29. The quantitative estimate of drug-likeness (QED) is 0.636. The molecule has 1 aliphatic rings. The Labute approximate surface area is 123 Å². The van der Waals surface area contributed by atoms with Gasteiger partial charge in [-0.15, -0.1) is 0 Å². The Kier molecular flexibility index (Phi) is 4.90. The Morgan fingerprint density at radius 2 is 2.29 bits per heavy atom. The zero-order chi connectivity index (χ0) is 15.2. The highest BCUT2D eigenvalue weighted by molar-refractivity contribution is 6.00. The van der Waals surface area contributed by atoms with Crippen LogP contribution in [0.5, 0.6) is 5.75 Å². The fraction of sp³-hybridized carbons (Fsp3) is 0.400. The number of imide groups is 1. The lowest BCUT2D eigenvalue weighted by Crippen LogP contribution is -2.57. The summed E-state index contributed by atoms with van der Waals surface area (Å²) in [6.45, 7) is 3.09. The molecular weight excluding hydrogens is 270 g/mol. The molecule has 1 fully saturated rings. The van der Waals surface area contributed by atoms with Crippen molar-refractivity contribution in [3.63, 3.8) is 0 Å². The molecular formula is C15H17N3O3. The maximum absolute atomic E-state index is 11.5. The summed E-state index contributed by atoms with van der Waals surface area (Å²) in [5.74, 6) is 0.129. The lowest BCUT2D eigenvalue weighted by Gasteiger charge is -2.31. The molecule has 0 aromatic heterocycles. The van der Waals surface area contributed by atoms with Crippen LogP contribution in [0.15, 0.2) is 24.3 Å². The molecule has 2 rings (SSSR count). The number of carbonyl (C=O) groups is 2. The summed E-state index contributed by atoms with van der Waals surface area (Å²) in [4.78, 5) is 24.7. The lowest BCUT2D eigenvalue weighted by molar-refractivity contribution is -0.139. The van der Waals surface area contributed by atoms with E-state index in [4.69, 9.17) is 10.00 Å². The summed E-state index contributed by atoms with van der Waals surface area (Å²) in [5.41, 5.74) is 0.555. The van der Waals surface area contributed by atoms with E-state index in [1.807, 2.05) is 4.90 Å². The minimum absolute atomic E-state index is 0.233. The third-order valence-electron chi connectivity index (χ3n) is 3.36. The van der Waals surface area contributed by atoms with Gasteiger partial charge in [-0.05, 0) is 31.5 Å². The fourth-order valence-corrected chi connectivity index (χ4v) is 2.15. The van der Waals surface area contributed by atoms with Crippen molar-refractivity contribution in [1.82, 2.24) is 10.2 Å². The van der Waals surface area contributed by atoms with Gasteiger partial charge < -0.3 is 4.74 Å². The van der Waals surface area contributed by atoms with Crippen LogP contribution >= 0.6 is 0 Å². The van der Waals surface area contributed by atoms with Gasteiger partial charge in [-0.2, -0.15) is 5.26 Å². The van der Waals surface area contributed by atoms with E-state index in [1.165, 1.54) is 0 Å². The Morgan fingerprint density at radius 1 is 1.48 bits per heavy atom. The number of nitriles is 1. The second kappa shape index (κ2) is 6.86. The molecule has 1 heterocycles. The molecule has 0 aliphatic carbocycles. The van der Waals surface area contributed by atoms with Crippen LogP contribution in [0.4, 0.5) is 0 Å². The van der Waals surface area contributed by atoms with E-state index in [9.17, 15) is 9.59 Å². The molecule has 0 bridgehead atoms.